The molecule has 182 valence electrons. The quantitative estimate of drug-likeness (QED) is 0.301. The molecule has 1 aromatic carbocycles. The van der Waals surface area contributed by atoms with E-state index in [2.05, 4.69) is 10.7 Å². The first-order chi connectivity index (χ1) is 15.7. The van der Waals surface area contributed by atoms with Gasteiger partial charge in [-0.1, -0.05) is 70.2 Å². The monoisotopic (exact) mass is 458 g/mol. The SMILES string of the molecule is CC(C)C[C@@H](C(=O)NN(CC(C)C)C(=O)C1CCN1)[C@H](CC=Cc1ccccc1)C(=O)NO. The third-order valence-electron chi connectivity index (χ3n) is 5.68. The van der Waals surface area contributed by atoms with Crippen molar-refractivity contribution in [2.45, 2.75) is 53.0 Å². The molecule has 0 bridgehead atoms. The Morgan fingerprint density at radius 2 is 1.76 bits per heavy atom. The molecule has 1 aromatic rings. The van der Waals surface area contributed by atoms with E-state index in [-0.39, 0.29) is 30.2 Å². The van der Waals surface area contributed by atoms with E-state index in [1.165, 1.54) is 5.01 Å². The highest BCUT2D eigenvalue weighted by atomic mass is 16.5. The fourth-order valence-electron chi connectivity index (χ4n) is 3.87. The second-order valence-corrected chi connectivity index (χ2v) is 9.48. The topological polar surface area (TPSA) is 111 Å². The first kappa shape index (κ1) is 26.5. The minimum Gasteiger partial charge on any atom is -0.306 e. The van der Waals surface area contributed by atoms with E-state index >= 15 is 0 Å². The molecule has 3 amide bonds. The summed E-state index contributed by atoms with van der Waals surface area (Å²) < 4.78 is 0. The highest BCUT2D eigenvalue weighted by Gasteiger charge is 2.36. The van der Waals surface area contributed by atoms with E-state index in [1.54, 1.807) is 5.48 Å². The lowest BCUT2D eigenvalue weighted by Gasteiger charge is -2.35. The minimum absolute atomic E-state index is 0.135. The van der Waals surface area contributed by atoms with Crippen LogP contribution in [0.2, 0.25) is 0 Å². The highest BCUT2D eigenvalue weighted by molar-refractivity contribution is 5.90. The molecule has 0 aromatic heterocycles. The van der Waals surface area contributed by atoms with Crippen LogP contribution in [-0.2, 0) is 14.4 Å². The Labute approximate surface area is 196 Å². The molecule has 2 rings (SSSR count). The van der Waals surface area contributed by atoms with Crippen molar-refractivity contribution in [2.24, 2.45) is 23.7 Å². The predicted octanol–water partition coefficient (Wildman–Crippen LogP) is 2.75. The standard InChI is InChI=1S/C25H38N4O4/c1-17(2)15-21(20(24(31)28-33)12-8-11-19-9-6-5-7-10-19)23(30)27-29(16-18(3)4)25(32)22-13-14-26-22/h5-11,17-18,20-22,26,33H,12-16H2,1-4H3,(H,27,30)(H,28,31)/t20-,21+,22?/m0/s1. The lowest BCUT2D eigenvalue weighted by Crippen LogP contribution is -2.60. The van der Waals surface area contributed by atoms with Crippen molar-refractivity contribution in [3.8, 4) is 0 Å². The molecular weight excluding hydrogens is 420 g/mol. The van der Waals surface area contributed by atoms with Gasteiger partial charge in [-0.3, -0.25) is 30.0 Å². The first-order valence-corrected chi connectivity index (χ1v) is 11.7. The molecular formula is C25H38N4O4. The maximum Gasteiger partial charge on any atom is 0.258 e. The second-order valence-electron chi connectivity index (χ2n) is 9.48. The van der Waals surface area contributed by atoms with Gasteiger partial charge in [-0.15, -0.1) is 0 Å². The number of hydroxylamine groups is 1. The smallest absolute Gasteiger partial charge is 0.258 e. The van der Waals surface area contributed by atoms with Gasteiger partial charge in [-0.2, -0.15) is 0 Å². The van der Waals surface area contributed by atoms with Gasteiger partial charge in [-0.05, 0) is 43.2 Å². The molecule has 1 fully saturated rings. The van der Waals surface area contributed by atoms with Crippen molar-refractivity contribution in [3.05, 3.63) is 42.0 Å². The van der Waals surface area contributed by atoms with Gasteiger partial charge in [-0.25, -0.2) is 5.48 Å². The van der Waals surface area contributed by atoms with Gasteiger partial charge in [0.15, 0.2) is 0 Å². The van der Waals surface area contributed by atoms with Crippen molar-refractivity contribution >= 4 is 23.8 Å². The largest absolute Gasteiger partial charge is 0.306 e. The van der Waals surface area contributed by atoms with Gasteiger partial charge in [0.05, 0.1) is 17.9 Å². The highest BCUT2D eigenvalue weighted by Crippen LogP contribution is 2.26. The van der Waals surface area contributed by atoms with Crippen LogP contribution in [0, 0.1) is 23.7 Å². The fourth-order valence-corrected chi connectivity index (χ4v) is 3.87. The average molecular weight is 459 g/mol. The summed E-state index contributed by atoms with van der Waals surface area (Å²) in [6.45, 7) is 9.06. The Morgan fingerprint density at radius 3 is 2.27 bits per heavy atom. The molecule has 8 heteroatoms. The number of carbonyl (C=O) groups is 3. The Hall–Kier alpha value is -2.71. The van der Waals surface area contributed by atoms with Crippen LogP contribution in [0.4, 0.5) is 0 Å². The molecule has 1 unspecified atom stereocenters. The maximum absolute atomic E-state index is 13.4. The van der Waals surface area contributed by atoms with Crippen molar-refractivity contribution < 1.29 is 19.6 Å². The summed E-state index contributed by atoms with van der Waals surface area (Å²) in [5.74, 6) is -2.38. The predicted molar refractivity (Wildman–Crippen MR) is 128 cm³/mol. The molecule has 0 saturated carbocycles. The summed E-state index contributed by atoms with van der Waals surface area (Å²) in [6.07, 6.45) is 5.17. The van der Waals surface area contributed by atoms with Crippen molar-refractivity contribution in [1.29, 1.82) is 0 Å². The Balaban J connectivity index is 2.21. The molecule has 1 heterocycles. The number of rotatable bonds is 11. The number of hydrazine groups is 1. The van der Waals surface area contributed by atoms with Gasteiger partial charge in [0.25, 0.3) is 5.91 Å². The molecule has 8 nitrogen and oxygen atoms in total. The summed E-state index contributed by atoms with van der Waals surface area (Å²) >= 11 is 0. The van der Waals surface area contributed by atoms with Crippen molar-refractivity contribution in [1.82, 2.24) is 21.2 Å². The van der Waals surface area contributed by atoms with Gasteiger partial charge in [0.2, 0.25) is 11.8 Å². The number of amides is 3. The summed E-state index contributed by atoms with van der Waals surface area (Å²) in [5, 5.41) is 13.8. The molecule has 1 aliphatic rings. The van der Waals surface area contributed by atoms with E-state index in [0.717, 1.165) is 18.5 Å². The van der Waals surface area contributed by atoms with Crippen LogP contribution in [0.1, 0.15) is 52.5 Å². The van der Waals surface area contributed by atoms with Gasteiger partial charge in [0, 0.05) is 6.54 Å². The number of benzene rings is 1. The summed E-state index contributed by atoms with van der Waals surface area (Å²) in [4.78, 5) is 38.8. The first-order valence-electron chi connectivity index (χ1n) is 11.7. The zero-order chi connectivity index (χ0) is 24.4. The third-order valence-corrected chi connectivity index (χ3v) is 5.68. The number of carbonyl (C=O) groups excluding carboxylic acids is 3. The zero-order valence-electron chi connectivity index (χ0n) is 20.1. The lowest BCUT2D eigenvalue weighted by atomic mass is 9.82. The van der Waals surface area contributed by atoms with Crippen LogP contribution in [-0.4, -0.2) is 47.1 Å². The molecule has 0 aliphatic carbocycles. The van der Waals surface area contributed by atoms with Crippen LogP contribution < -0.4 is 16.2 Å². The number of hydrogen-bond donors (Lipinski definition) is 4. The van der Waals surface area contributed by atoms with E-state index in [4.69, 9.17) is 0 Å². The minimum atomic E-state index is -0.782. The van der Waals surface area contributed by atoms with E-state index in [1.807, 2.05) is 70.2 Å². The third kappa shape index (κ3) is 8.29. The molecule has 0 radical (unpaired) electrons. The number of hydrogen-bond acceptors (Lipinski definition) is 5. The van der Waals surface area contributed by atoms with Crippen molar-refractivity contribution in [2.75, 3.05) is 13.1 Å². The van der Waals surface area contributed by atoms with Gasteiger partial charge < -0.3 is 5.32 Å². The van der Waals surface area contributed by atoms with Crippen LogP contribution in [0.3, 0.4) is 0 Å². The molecule has 0 spiro atoms. The lowest BCUT2D eigenvalue weighted by molar-refractivity contribution is -0.149. The van der Waals surface area contributed by atoms with Crippen LogP contribution in [0.25, 0.3) is 6.08 Å². The van der Waals surface area contributed by atoms with Gasteiger partial charge in [0.1, 0.15) is 0 Å². The number of nitrogens with zero attached hydrogens (tertiary/aromatic N) is 1. The van der Waals surface area contributed by atoms with Crippen LogP contribution >= 0.6 is 0 Å². The Bertz CT molecular complexity index is 806. The summed E-state index contributed by atoms with van der Waals surface area (Å²) in [7, 11) is 0. The summed E-state index contributed by atoms with van der Waals surface area (Å²) in [5.41, 5.74) is 5.49. The second kappa shape index (κ2) is 13.1. The van der Waals surface area contributed by atoms with E-state index < -0.39 is 23.7 Å². The van der Waals surface area contributed by atoms with E-state index in [0.29, 0.717) is 13.0 Å². The van der Waals surface area contributed by atoms with Crippen molar-refractivity contribution in [3.63, 3.8) is 0 Å². The molecule has 3 atom stereocenters. The van der Waals surface area contributed by atoms with Crippen LogP contribution in [0.15, 0.2) is 36.4 Å². The fraction of sp³-hybridized carbons (Fsp3) is 0.560. The average Bonchev–Trinajstić information content (AvgIpc) is 2.73. The van der Waals surface area contributed by atoms with Gasteiger partial charge >= 0.3 is 0 Å². The molecule has 33 heavy (non-hydrogen) atoms. The molecule has 1 saturated heterocycles. The zero-order valence-corrected chi connectivity index (χ0v) is 20.1. The Morgan fingerprint density at radius 1 is 1.09 bits per heavy atom. The summed E-state index contributed by atoms with van der Waals surface area (Å²) in [6, 6.07) is 9.36. The number of allylic oxidation sites excluding steroid dienone is 1. The molecule has 4 N–H and O–H groups in total. The van der Waals surface area contributed by atoms with E-state index in [9.17, 15) is 19.6 Å². The normalized spacial score (nSPS) is 17.5. The Kier molecular flexibility index (Phi) is 10.5. The number of nitrogens with one attached hydrogen (secondary N) is 3. The molecule has 1 aliphatic heterocycles. The maximum atomic E-state index is 13.4. The van der Waals surface area contributed by atoms with Crippen LogP contribution in [0.5, 0.6) is 0 Å².